The Bertz CT molecular complexity index is 495. The van der Waals surface area contributed by atoms with E-state index in [1.165, 1.54) is 12.1 Å². The molecule has 1 aromatic carbocycles. The lowest BCUT2D eigenvalue weighted by Gasteiger charge is -2.19. The first-order valence-corrected chi connectivity index (χ1v) is 5.57. The van der Waals surface area contributed by atoms with Crippen molar-refractivity contribution in [3.63, 3.8) is 0 Å². The highest BCUT2D eigenvalue weighted by molar-refractivity contribution is 5.46. The van der Waals surface area contributed by atoms with Crippen LogP contribution in [0.2, 0.25) is 0 Å². The van der Waals surface area contributed by atoms with Crippen LogP contribution in [-0.2, 0) is 6.54 Å². The number of halogens is 1. The van der Waals surface area contributed by atoms with E-state index in [1.807, 2.05) is 24.1 Å². The fourth-order valence-electron chi connectivity index (χ4n) is 1.66. The molecule has 5 heteroatoms. The Morgan fingerprint density at radius 3 is 2.50 bits per heavy atom. The molecule has 2 aromatic rings. The Hall–Kier alpha value is -2.14. The first kappa shape index (κ1) is 12.3. The fourth-order valence-corrected chi connectivity index (χ4v) is 1.66. The van der Waals surface area contributed by atoms with Crippen LogP contribution in [0.5, 0.6) is 0 Å². The molecular formula is C13H15FN4. The second-order valence-electron chi connectivity index (χ2n) is 4.03. The van der Waals surface area contributed by atoms with Crippen molar-refractivity contribution in [3.05, 3.63) is 54.0 Å². The van der Waals surface area contributed by atoms with E-state index in [0.717, 1.165) is 11.3 Å². The van der Waals surface area contributed by atoms with Crippen LogP contribution in [0.3, 0.4) is 0 Å². The molecule has 0 aliphatic heterocycles. The molecule has 1 heterocycles. The van der Waals surface area contributed by atoms with Gasteiger partial charge in [0.1, 0.15) is 11.6 Å². The van der Waals surface area contributed by atoms with Gasteiger partial charge in [-0.15, -0.1) is 0 Å². The zero-order chi connectivity index (χ0) is 13.0. The maximum Gasteiger partial charge on any atom is 0.139 e. The Labute approximate surface area is 105 Å². The second-order valence-corrected chi connectivity index (χ2v) is 4.03. The molecule has 3 N–H and O–H groups in total. The van der Waals surface area contributed by atoms with Crippen LogP contribution in [0.1, 0.15) is 5.56 Å². The molecule has 0 unspecified atom stereocenters. The third-order valence-electron chi connectivity index (χ3n) is 2.66. The number of benzene rings is 1. The zero-order valence-corrected chi connectivity index (χ0v) is 10.1. The normalized spacial score (nSPS) is 10.2. The molecule has 0 spiro atoms. The number of nitrogens with one attached hydrogen (secondary N) is 1. The van der Waals surface area contributed by atoms with Gasteiger partial charge in [0.15, 0.2) is 0 Å². The summed E-state index contributed by atoms with van der Waals surface area (Å²) < 4.78 is 12.8. The summed E-state index contributed by atoms with van der Waals surface area (Å²) in [5.41, 5.74) is 4.49. The smallest absolute Gasteiger partial charge is 0.139 e. The number of rotatable bonds is 4. The molecule has 0 aliphatic carbocycles. The van der Waals surface area contributed by atoms with Crippen molar-refractivity contribution < 1.29 is 4.39 Å². The first-order chi connectivity index (χ1) is 8.69. The largest absolute Gasteiger partial charge is 0.370 e. The molecule has 0 saturated heterocycles. The Morgan fingerprint density at radius 2 is 1.94 bits per heavy atom. The van der Waals surface area contributed by atoms with Crippen LogP contribution in [0, 0.1) is 5.82 Å². The summed E-state index contributed by atoms with van der Waals surface area (Å²) >= 11 is 0. The van der Waals surface area contributed by atoms with Gasteiger partial charge in [0, 0.05) is 25.5 Å². The molecule has 0 atom stereocenters. The van der Waals surface area contributed by atoms with Crippen molar-refractivity contribution in [2.75, 3.05) is 17.4 Å². The topological polar surface area (TPSA) is 54.2 Å². The van der Waals surface area contributed by atoms with Crippen LogP contribution in [0.15, 0.2) is 42.6 Å². The van der Waals surface area contributed by atoms with E-state index in [9.17, 15) is 4.39 Å². The predicted octanol–water partition coefficient (Wildman–Crippen LogP) is 2.14. The molecule has 0 aliphatic rings. The van der Waals surface area contributed by atoms with E-state index in [1.54, 1.807) is 18.3 Å². The van der Waals surface area contributed by atoms with Gasteiger partial charge in [-0.05, 0) is 35.9 Å². The van der Waals surface area contributed by atoms with Crippen molar-refractivity contribution in [3.8, 4) is 0 Å². The first-order valence-electron chi connectivity index (χ1n) is 5.57. The summed E-state index contributed by atoms with van der Waals surface area (Å²) in [6.45, 7) is 0.698. The van der Waals surface area contributed by atoms with E-state index in [4.69, 9.17) is 5.84 Å². The van der Waals surface area contributed by atoms with Crippen LogP contribution in [0.25, 0.3) is 0 Å². The Balaban J connectivity index is 2.05. The van der Waals surface area contributed by atoms with Gasteiger partial charge >= 0.3 is 0 Å². The quantitative estimate of drug-likeness (QED) is 0.641. The van der Waals surface area contributed by atoms with Crippen LogP contribution in [0.4, 0.5) is 15.9 Å². The average molecular weight is 246 g/mol. The molecule has 94 valence electrons. The lowest BCUT2D eigenvalue weighted by molar-refractivity contribution is 0.627. The lowest BCUT2D eigenvalue weighted by Crippen LogP contribution is -2.16. The lowest BCUT2D eigenvalue weighted by atomic mass is 10.2. The Morgan fingerprint density at radius 1 is 1.22 bits per heavy atom. The maximum atomic E-state index is 12.8. The highest BCUT2D eigenvalue weighted by atomic mass is 19.1. The van der Waals surface area contributed by atoms with Crippen molar-refractivity contribution in [1.29, 1.82) is 0 Å². The zero-order valence-electron chi connectivity index (χ0n) is 10.1. The van der Waals surface area contributed by atoms with E-state index in [2.05, 4.69) is 10.4 Å². The standard InChI is InChI=1S/C13H15FN4/c1-18(12-5-3-11(14)4-6-12)9-10-2-7-13(17-15)16-8-10/h2-8H,9,15H2,1H3,(H,16,17). The number of nitrogen functional groups attached to an aromatic ring is 1. The fraction of sp³-hybridized carbons (Fsp3) is 0.154. The molecule has 4 nitrogen and oxygen atoms in total. The van der Waals surface area contributed by atoms with Gasteiger partial charge in [-0.1, -0.05) is 6.07 Å². The molecule has 18 heavy (non-hydrogen) atoms. The molecule has 0 radical (unpaired) electrons. The monoisotopic (exact) mass is 246 g/mol. The number of hydrogen-bond donors (Lipinski definition) is 2. The third-order valence-corrected chi connectivity index (χ3v) is 2.66. The summed E-state index contributed by atoms with van der Waals surface area (Å²) in [5.74, 6) is 5.65. The van der Waals surface area contributed by atoms with Crippen LogP contribution >= 0.6 is 0 Å². The number of anilines is 2. The average Bonchev–Trinajstić information content (AvgIpc) is 2.40. The summed E-state index contributed by atoms with van der Waals surface area (Å²) in [7, 11) is 1.95. The maximum absolute atomic E-state index is 12.8. The van der Waals surface area contributed by atoms with Crippen molar-refractivity contribution >= 4 is 11.5 Å². The minimum absolute atomic E-state index is 0.229. The minimum Gasteiger partial charge on any atom is -0.370 e. The van der Waals surface area contributed by atoms with Gasteiger partial charge in [-0.2, -0.15) is 0 Å². The second kappa shape index (κ2) is 5.46. The number of hydrazine groups is 1. The van der Waals surface area contributed by atoms with Gasteiger partial charge in [0.25, 0.3) is 0 Å². The number of aromatic nitrogens is 1. The minimum atomic E-state index is -0.229. The van der Waals surface area contributed by atoms with Gasteiger partial charge in [0.2, 0.25) is 0 Å². The molecule has 0 saturated carbocycles. The number of nitrogens with zero attached hydrogens (tertiary/aromatic N) is 2. The molecule has 0 fully saturated rings. The van der Waals surface area contributed by atoms with E-state index >= 15 is 0 Å². The molecule has 0 amide bonds. The van der Waals surface area contributed by atoms with E-state index < -0.39 is 0 Å². The molecule has 1 aromatic heterocycles. The van der Waals surface area contributed by atoms with Gasteiger partial charge in [-0.3, -0.25) is 0 Å². The van der Waals surface area contributed by atoms with Crippen molar-refractivity contribution in [1.82, 2.24) is 4.98 Å². The van der Waals surface area contributed by atoms with Crippen molar-refractivity contribution in [2.45, 2.75) is 6.54 Å². The summed E-state index contributed by atoms with van der Waals surface area (Å²) in [6, 6.07) is 10.2. The highest BCUT2D eigenvalue weighted by Crippen LogP contribution is 2.16. The van der Waals surface area contributed by atoms with Gasteiger partial charge < -0.3 is 10.3 Å². The van der Waals surface area contributed by atoms with Crippen LogP contribution in [-0.4, -0.2) is 12.0 Å². The molecule has 0 bridgehead atoms. The number of pyridine rings is 1. The van der Waals surface area contributed by atoms with E-state index in [0.29, 0.717) is 12.4 Å². The SMILES string of the molecule is CN(Cc1ccc(NN)nc1)c1ccc(F)cc1. The molecule has 2 rings (SSSR count). The highest BCUT2D eigenvalue weighted by Gasteiger charge is 2.03. The third kappa shape index (κ3) is 2.95. The van der Waals surface area contributed by atoms with Gasteiger partial charge in [-0.25, -0.2) is 15.2 Å². The number of hydrogen-bond acceptors (Lipinski definition) is 4. The summed E-state index contributed by atoms with van der Waals surface area (Å²) in [4.78, 5) is 6.16. The summed E-state index contributed by atoms with van der Waals surface area (Å²) in [5, 5.41) is 0. The van der Waals surface area contributed by atoms with Gasteiger partial charge in [0.05, 0.1) is 0 Å². The Kier molecular flexibility index (Phi) is 3.74. The molecular weight excluding hydrogens is 231 g/mol. The van der Waals surface area contributed by atoms with Crippen LogP contribution < -0.4 is 16.2 Å². The summed E-state index contributed by atoms with van der Waals surface area (Å²) in [6.07, 6.45) is 1.76. The number of nitrogens with two attached hydrogens (primary N) is 1. The van der Waals surface area contributed by atoms with E-state index in [-0.39, 0.29) is 5.82 Å². The predicted molar refractivity (Wildman–Crippen MR) is 70.6 cm³/mol. The van der Waals surface area contributed by atoms with Crippen molar-refractivity contribution in [2.24, 2.45) is 5.84 Å².